The maximum Gasteiger partial charge on any atom is 0.241 e. The Morgan fingerprint density at radius 2 is 2.00 bits per heavy atom. The molecule has 7 nitrogen and oxygen atoms in total. The van der Waals surface area contributed by atoms with Gasteiger partial charge in [0, 0.05) is 18.9 Å². The molecule has 10 heteroatoms. The van der Waals surface area contributed by atoms with Gasteiger partial charge in [0.2, 0.25) is 10.1 Å². The van der Waals surface area contributed by atoms with E-state index in [4.69, 9.17) is 53.8 Å². The van der Waals surface area contributed by atoms with E-state index in [2.05, 4.69) is 4.99 Å². The van der Waals surface area contributed by atoms with Crippen LogP contribution in [0.1, 0.15) is 5.56 Å². The molecule has 2 aliphatic heterocycles. The lowest BCUT2D eigenvalue weighted by molar-refractivity contribution is -0.186. The SMILES string of the molecule is CO[C@@H]1[C@H]2OC(C(Cl)(Cl)Cl)O[C@@H]2O[C@@H]1C(O)CN=Cc1ccccc1O. The lowest BCUT2D eigenvalue weighted by Gasteiger charge is -2.26. The summed E-state index contributed by atoms with van der Waals surface area (Å²) in [7, 11) is 1.47. The largest absolute Gasteiger partial charge is 0.507 e. The molecule has 6 atom stereocenters. The van der Waals surface area contributed by atoms with E-state index in [0.717, 1.165) is 0 Å². The van der Waals surface area contributed by atoms with E-state index in [1.165, 1.54) is 13.3 Å². The molecule has 2 N–H and O–H groups in total. The van der Waals surface area contributed by atoms with Crippen molar-refractivity contribution in [2.75, 3.05) is 13.7 Å². The Morgan fingerprint density at radius 1 is 1.27 bits per heavy atom. The number of benzene rings is 1. The summed E-state index contributed by atoms with van der Waals surface area (Å²) < 4.78 is 20.3. The summed E-state index contributed by atoms with van der Waals surface area (Å²) in [5.41, 5.74) is 0.546. The zero-order valence-corrected chi connectivity index (χ0v) is 15.9. The van der Waals surface area contributed by atoms with Crippen molar-refractivity contribution in [2.24, 2.45) is 4.99 Å². The highest BCUT2D eigenvalue weighted by Gasteiger charge is 2.57. The molecule has 1 aromatic rings. The van der Waals surface area contributed by atoms with Gasteiger partial charge in [-0.25, -0.2) is 0 Å². The fraction of sp³-hybridized carbons (Fsp3) is 0.562. The van der Waals surface area contributed by atoms with E-state index in [-0.39, 0.29) is 12.3 Å². The van der Waals surface area contributed by atoms with Gasteiger partial charge in [-0.1, -0.05) is 46.9 Å². The van der Waals surface area contributed by atoms with Gasteiger partial charge >= 0.3 is 0 Å². The van der Waals surface area contributed by atoms with Crippen LogP contribution in [-0.4, -0.2) is 70.9 Å². The Kier molecular flexibility index (Phi) is 6.31. The first-order chi connectivity index (χ1) is 12.3. The lowest BCUT2D eigenvalue weighted by atomic mass is 10.1. The molecule has 2 aliphatic rings. The Hall–Kier alpha value is -0.640. The van der Waals surface area contributed by atoms with Gasteiger partial charge in [0.1, 0.15) is 30.2 Å². The van der Waals surface area contributed by atoms with Gasteiger partial charge in [-0.3, -0.25) is 4.99 Å². The van der Waals surface area contributed by atoms with Gasteiger partial charge in [-0.05, 0) is 12.1 Å². The van der Waals surface area contributed by atoms with Crippen molar-refractivity contribution < 1.29 is 29.2 Å². The number of methoxy groups -OCH3 is 1. The van der Waals surface area contributed by atoms with E-state index in [1.54, 1.807) is 24.3 Å². The van der Waals surface area contributed by atoms with E-state index in [1.807, 2.05) is 0 Å². The molecular formula is C16H18Cl3NO6. The van der Waals surface area contributed by atoms with Crippen LogP contribution in [0.4, 0.5) is 0 Å². The second-order valence-electron chi connectivity index (χ2n) is 5.90. The summed E-state index contributed by atoms with van der Waals surface area (Å²) in [4.78, 5) is 4.15. The number of rotatable bonds is 5. The molecule has 0 amide bonds. The lowest BCUT2D eigenvalue weighted by Crippen LogP contribution is -2.43. The van der Waals surface area contributed by atoms with Crippen LogP contribution in [-0.2, 0) is 18.9 Å². The number of fused-ring (bicyclic) bond motifs is 1. The molecule has 2 heterocycles. The Labute approximate surface area is 165 Å². The number of alkyl halides is 3. The van der Waals surface area contributed by atoms with Crippen LogP contribution in [0.3, 0.4) is 0 Å². The van der Waals surface area contributed by atoms with Gasteiger partial charge in [0.05, 0.1) is 6.54 Å². The highest BCUT2D eigenvalue weighted by Crippen LogP contribution is 2.43. The second-order valence-corrected chi connectivity index (χ2v) is 8.27. The number of nitrogens with zero attached hydrogens (tertiary/aromatic N) is 1. The first-order valence-corrected chi connectivity index (χ1v) is 8.96. The second kappa shape index (κ2) is 8.16. The highest BCUT2D eigenvalue weighted by molar-refractivity contribution is 6.67. The van der Waals surface area contributed by atoms with Crippen LogP contribution < -0.4 is 0 Å². The van der Waals surface area contributed by atoms with E-state index in [0.29, 0.717) is 5.56 Å². The van der Waals surface area contributed by atoms with Crippen LogP contribution in [0, 0.1) is 0 Å². The standard InChI is InChI=1S/C16H18Cl3NO6/c1-23-12-11(24-14-13(12)25-15(26-14)16(17,18)19)10(22)7-20-6-8-4-2-3-5-9(8)21/h2-6,10-15,21-22H,7H2,1H3/t10?,11-,12+,13-,14+,15?/m1/s1. The number of aliphatic hydroxyl groups is 1. The predicted molar refractivity (Wildman–Crippen MR) is 96.1 cm³/mol. The van der Waals surface area contributed by atoms with Crippen LogP contribution in [0.5, 0.6) is 5.75 Å². The molecule has 0 radical (unpaired) electrons. The number of ether oxygens (including phenoxy) is 4. The van der Waals surface area contributed by atoms with E-state index in [9.17, 15) is 10.2 Å². The zero-order valence-electron chi connectivity index (χ0n) is 13.7. The molecule has 0 aromatic heterocycles. The number of halogens is 3. The summed E-state index contributed by atoms with van der Waals surface area (Å²) in [5, 5.41) is 20.1. The maximum absolute atomic E-state index is 10.4. The quantitative estimate of drug-likeness (QED) is 0.553. The molecular weight excluding hydrogens is 409 g/mol. The van der Waals surface area contributed by atoms with Gasteiger partial charge in [-0.15, -0.1) is 0 Å². The average molecular weight is 427 g/mol. The van der Waals surface area contributed by atoms with E-state index < -0.39 is 40.8 Å². The maximum atomic E-state index is 10.4. The van der Waals surface area contributed by atoms with Crippen molar-refractivity contribution in [3.8, 4) is 5.75 Å². The zero-order chi connectivity index (χ0) is 18.9. The molecule has 26 heavy (non-hydrogen) atoms. The number of aliphatic imine (C=N–C) groups is 1. The number of aromatic hydroxyl groups is 1. The smallest absolute Gasteiger partial charge is 0.241 e. The number of aliphatic hydroxyl groups excluding tert-OH is 1. The van der Waals surface area contributed by atoms with Crippen molar-refractivity contribution >= 4 is 41.0 Å². The third-order valence-electron chi connectivity index (χ3n) is 4.12. The minimum atomic E-state index is -1.76. The Balaban J connectivity index is 1.61. The van der Waals surface area contributed by atoms with Crippen LogP contribution in [0.25, 0.3) is 0 Å². The fourth-order valence-corrected chi connectivity index (χ4v) is 3.20. The van der Waals surface area contributed by atoms with Gasteiger partial charge in [0.25, 0.3) is 0 Å². The molecule has 0 saturated carbocycles. The fourth-order valence-electron chi connectivity index (χ4n) is 2.89. The Morgan fingerprint density at radius 3 is 2.65 bits per heavy atom. The first kappa shape index (κ1) is 20.1. The molecule has 0 bridgehead atoms. The molecule has 144 valence electrons. The summed E-state index contributed by atoms with van der Waals surface area (Å²) in [6.07, 6.45) is -3.39. The number of hydrogen-bond acceptors (Lipinski definition) is 7. The average Bonchev–Trinajstić information content (AvgIpc) is 3.13. The number of para-hydroxylation sites is 1. The molecule has 2 unspecified atom stereocenters. The van der Waals surface area contributed by atoms with Crippen molar-refractivity contribution in [1.29, 1.82) is 0 Å². The number of hydrogen-bond donors (Lipinski definition) is 2. The van der Waals surface area contributed by atoms with Crippen molar-refractivity contribution in [3.05, 3.63) is 29.8 Å². The van der Waals surface area contributed by atoms with Crippen molar-refractivity contribution in [3.63, 3.8) is 0 Å². The minimum absolute atomic E-state index is 0.0339. The summed E-state index contributed by atoms with van der Waals surface area (Å²) in [6.45, 7) is 0.0339. The summed E-state index contributed by atoms with van der Waals surface area (Å²) >= 11 is 17.3. The first-order valence-electron chi connectivity index (χ1n) is 7.83. The van der Waals surface area contributed by atoms with Crippen LogP contribution in [0.2, 0.25) is 0 Å². The molecule has 3 rings (SSSR count). The molecule has 1 aromatic carbocycles. The molecule has 2 fully saturated rings. The van der Waals surface area contributed by atoms with Crippen molar-refractivity contribution in [2.45, 2.75) is 40.8 Å². The van der Waals surface area contributed by atoms with Gasteiger partial charge < -0.3 is 29.2 Å². The normalized spacial score (nSPS) is 32.9. The van der Waals surface area contributed by atoms with Crippen molar-refractivity contribution in [1.82, 2.24) is 0 Å². The predicted octanol–water partition coefficient (Wildman–Crippen LogP) is 2.02. The van der Waals surface area contributed by atoms with E-state index >= 15 is 0 Å². The summed E-state index contributed by atoms with van der Waals surface area (Å²) in [5.74, 6) is 0.103. The van der Waals surface area contributed by atoms with Gasteiger partial charge in [-0.2, -0.15) is 0 Å². The topological polar surface area (TPSA) is 89.7 Å². The van der Waals surface area contributed by atoms with Gasteiger partial charge in [0.15, 0.2) is 6.29 Å². The minimum Gasteiger partial charge on any atom is -0.507 e. The molecule has 0 aliphatic carbocycles. The summed E-state index contributed by atoms with van der Waals surface area (Å²) in [6, 6.07) is 6.74. The Bertz CT molecular complexity index is 655. The highest BCUT2D eigenvalue weighted by atomic mass is 35.6. The van der Waals surface area contributed by atoms with Crippen LogP contribution in [0.15, 0.2) is 29.3 Å². The number of phenols is 1. The molecule has 2 saturated heterocycles. The monoisotopic (exact) mass is 425 g/mol. The third-order valence-corrected chi connectivity index (χ3v) is 4.66. The van der Waals surface area contributed by atoms with Crippen LogP contribution >= 0.6 is 34.8 Å². The number of phenolic OH excluding ortho intramolecular Hbond substituents is 1. The third kappa shape index (κ3) is 4.26. The molecule has 0 spiro atoms.